The second-order valence-corrected chi connectivity index (χ2v) is 5.31. The van der Waals surface area contributed by atoms with E-state index >= 15 is 0 Å². The summed E-state index contributed by atoms with van der Waals surface area (Å²) >= 11 is 0. The number of aliphatic hydroxyl groups excluding tert-OH is 1. The number of aryl methyl sites for hydroxylation is 1. The van der Waals surface area contributed by atoms with Crippen LogP contribution in [0.3, 0.4) is 0 Å². The van der Waals surface area contributed by atoms with Gasteiger partial charge in [-0.15, -0.1) is 0 Å². The van der Waals surface area contributed by atoms with Gasteiger partial charge in [0.05, 0.1) is 12.1 Å². The summed E-state index contributed by atoms with van der Waals surface area (Å²) in [6.07, 6.45) is 4.10. The number of aromatic nitrogens is 1. The summed E-state index contributed by atoms with van der Waals surface area (Å²) in [5.41, 5.74) is 3.64. The van der Waals surface area contributed by atoms with Crippen molar-refractivity contribution in [1.82, 2.24) is 10.3 Å². The third-order valence-corrected chi connectivity index (χ3v) is 4.02. The van der Waals surface area contributed by atoms with E-state index < -0.39 is 6.10 Å². The Hall–Kier alpha value is -2.20. The number of hydrogen-bond acceptors (Lipinski definition) is 3. The van der Waals surface area contributed by atoms with Crippen molar-refractivity contribution in [2.24, 2.45) is 0 Å². The highest BCUT2D eigenvalue weighted by Gasteiger charge is 2.32. The summed E-state index contributed by atoms with van der Waals surface area (Å²) in [5.74, 6) is -0.157. The molecule has 4 heteroatoms. The van der Waals surface area contributed by atoms with E-state index in [0.717, 1.165) is 23.1 Å². The van der Waals surface area contributed by atoms with E-state index in [1.54, 1.807) is 18.5 Å². The maximum absolute atomic E-state index is 12.5. The first-order valence-electron chi connectivity index (χ1n) is 7.20. The van der Waals surface area contributed by atoms with E-state index in [1.807, 2.05) is 31.2 Å². The monoisotopic (exact) mass is 282 g/mol. The summed E-state index contributed by atoms with van der Waals surface area (Å²) in [7, 11) is 0. The van der Waals surface area contributed by atoms with E-state index in [-0.39, 0.29) is 11.9 Å². The number of nitrogens with one attached hydrogen (secondary N) is 1. The van der Waals surface area contributed by atoms with Crippen LogP contribution in [-0.4, -0.2) is 22.1 Å². The topological polar surface area (TPSA) is 62.2 Å². The zero-order chi connectivity index (χ0) is 14.8. The fraction of sp³-hybridized carbons (Fsp3) is 0.294. The van der Waals surface area contributed by atoms with E-state index in [4.69, 9.17) is 0 Å². The molecule has 0 bridgehead atoms. The second kappa shape index (κ2) is 5.66. The smallest absolute Gasteiger partial charge is 0.252 e. The van der Waals surface area contributed by atoms with Crippen LogP contribution in [0.15, 0.2) is 42.7 Å². The molecule has 0 unspecified atom stereocenters. The molecule has 1 aromatic heterocycles. The Morgan fingerprint density at radius 3 is 3.00 bits per heavy atom. The number of rotatable bonds is 3. The number of hydrogen-bond donors (Lipinski definition) is 2. The molecule has 0 saturated carbocycles. The van der Waals surface area contributed by atoms with Gasteiger partial charge >= 0.3 is 0 Å². The number of aliphatic hydroxyl groups is 1. The molecule has 1 heterocycles. The van der Waals surface area contributed by atoms with Gasteiger partial charge in [0.15, 0.2) is 0 Å². The van der Waals surface area contributed by atoms with Crippen LogP contribution in [-0.2, 0) is 12.8 Å². The number of carbonyl (C=O) groups is 1. The summed E-state index contributed by atoms with van der Waals surface area (Å²) in [6.45, 7) is 1.99. The minimum Gasteiger partial charge on any atom is -0.390 e. The Kier molecular flexibility index (Phi) is 3.71. The quantitative estimate of drug-likeness (QED) is 0.905. The van der Waals surface area contributed by atoms with Crippen molar-refractivity contribution >= 4 is 5.91 Å². The highest BCUT2D eigenvalue weighted by atomic mass is 16.3. The number of pyridine rings is 1. The van der Waals surface area contributed by atoms with Gasteiger partial charge in [-0.1, -0.05) is 31.2 Å². The van der Waals surface area contributed by atoms with E-state index in [9.17, 15) is 9.90 Å². The lowest BCUT2D eigenvalue weighted by Crippen LogP contribution is -2.34. The highest BCUT2D eigenvalue weighted by Crippen LogP contribution is 2.31. The minimum atomic E-state index is -0.571. The van der Waals surface area contributed by atoms with Crippen LogP contribution >= 0.6 is 0 Å². The van der Waals surface area contributed by atoms with Gasteiger partial charge in [0.25, 0.3) is 5.91 Å². The predicted molar refractivity (Wildman–Crippen MR) is 80.0 cm³/mol. The molecule has 0 spiro atoms. The number of carbonyl (C=O) groups excluding carboxylic acids is 1. The van der Waals surface area contributed by atoms with Gasteiger partial charge in [0.1, 0.15) is 0 Å². The summed E-state index contributed by atoms with van der Waals surface area (Å²) in [6, 6.07) is 9.22. The molecule has 3 rings (SSSR count). The van der Waals surface area contributed by atoms with Gasteiger partial charge in [0.2, 0.25) is 0 Å². The second-order valence-electron chi connectivity index (χ2n) is 5.31. The molecule has 0 aliphatic heterocycles. The fourth-order valence-electron chi connectivity index (χ4n) is 2.90. The highest BCUT2D eigenvalue weighted by molar-refractivity contribution is 5.95. The van der Waals surface area contributed by atoms with Crippen LogP contribution in [0.25, 0.3) is 0 Å². The average Bonchev–Trinajstić information content (AvgIpc) is 2.83. The van der Waals surface area contributed by atoms with Crippen molar-refractivity contribution in [3.05, 3.63) is 65.0 Å². The Morgan fingerprint density at radius 2 is 2.19 bits per heavy atom. The largest absolute Gasteiger partial charge is 0.390 e. The van der Waals surface area contributed by atoms with Crippen molar-refractivity contribution in [1.29, 1.82) is 0 Å². The number of amides is 1. The lowest BCUT2D eigenvalue weighted by molar-refractivity contribution is 0.0857. The Bertz CT molecular complexity index is 669. The van der Waals surface area contributed by atoms with Crippen LogP contribution in [0.1, 0.15) is 40.0 Å². The predicted octanol–water partition coefficient (Wildman–Crippen LogP) is 2.03. The first kappa shape index (κ1) is 13.8. The molecular formula is C17H18N2O2. The first-order valence-corrected chi connectivity index (χ1v) is 7.20. The van der Waals surface area contributed by atoms with Crippen LogP contribution in [0, 0.1) is 0 Å². The molecule has 4 nitrogen and oxygen atoms in total. The molecule has 1 aromatic carbocycles. The normalized spacial score (nSPS) is 20.1. The van der Waals surface area contributed by atoms with Gasteiger partial charge in [-0.2, -0.15) is 0 Å². The molecule has 108 valence electrons. The molecule has 2 aromatic rings. The van der Waals surface area contributed by atoms with Crippen LogP contribution < -0.4 is 5.32 Å². The summed E-state index contributed by atoms with van der Waals surface area (Å²) in [4.78, 5) is 16.5. The van der Waals surface area contributed by atoms with Crippen LogP contribution in [0.5, 0.6) is 0 Å². The summed E-state index contributed by atoms with van der Waals surface area (Å²) < 4.78 is 0. The molecule has 2 atom stereocenters. The molecule has 1 aliphatic carbocycles. The Labute approximate surface area is 123 Å². The van der Waals surface area contributed by atoms with Crippen LogP contribution in [0.4, 0.5) is 0 Å². The standard InChI is InChI=1S/C17H18N2O2/c1-2-11-10-18-8-7-14(11)17(21)19-16-13-6-4-3-5-12(13)9-15(16)20/h3-8,10,15-16,20H,2,9H2,1H3,(H,19,21)/t15-,16-/m0/s1. The Balaban J connectivity index is 1.85. The van der Waals surface area contributed by atoms with Crippen LogP contribution in [0.2, 0.25) is 0 Å². The molecule has 2 N–H and O–H groups in total. The maximum Gasteiger partial charge on any atom is 0.252 e. The van der Waals surface area contributed by atoms with Gasteiger partial charge < -0.3 is 10.4 Å². The van der Waals surface area contributed by atoms with Crippen molar-refractivity contribution in [2.45, 2.75) is 31.9 Å². The third kappa shape index (κ3) is 2.54. The van der Waals surface area contributed by atoms with Gasteiger partial charge in [-0.05, 0) is 29.2 Å². The molecule has 0 saturated heterocycles. The third-order valence-electron chi connectivity index (χ3n) is 4.02. The van der Waals surface area contributed by atoms with E-state index in [1.165, 1.54) is 0 Å². The van der Waals surface area contributed by atoms with Crippen molar-refractivity contribution < 1.29 is 9.90 Å². The number of nitrogens with zero attached hydrogens (tertiary/aromatic N) is 1. The van der Waals surface area contributed by atoms with Gasteiger partial charge in [-0.3, -0.25) is 9.78 Å². The lowest BCUT2D eigenvalue weighted by Gasteiger charge is -2.18. The SMILES string of the molecule is CCc1cnccc1C(=O)N[C@H]1c2ccccc2C[C@@H]1O. The lowest BCUT2D eigenvalue weighted by atomic mass is 10.0. The van der Waals surface area contributed by atoms with E-state index in [2.05, 4.69) is 10.3 Å². The number of fused-ring (bicyclic) bond motifs is 1. The fourth-order valence-corrected chi connectivity index (χ4v) is 2.90. The zero-order valence-electron chi connectivity index (χ0n) is 11.9. The zero-order valence-corrected chi connectivity index (χ0v) is 11.9. The molecule has 1 aliphatic rings. The Morgan fingerprint density at radius 1 is 1.38 bits per heavy atom. The van der Waals surface area contributed by atoms with E-state index in [0.29, 0.717) is 12.0 Å². The van der Waals surface area contributed by atoms with Gasteiger partial charge in [0, 0.05) is 24.4 Å². The molecule has 0 radical (unpaired) electrons. The van der Waals surface area contributed by atoms with Crippen molar-refractivity contribution in [3.63, 3.8) is 0 Å². The van der Waals surface area contributed by atoms with Gasteiger partial charge in [-0.25, -0.2) is 0 Å². The maximum atomic E-state index is 12.5. The minimum absolute atomic E-state index is 0.157. The van der Waals surface area contributed by atoms with Crippen molar-refractivity contribution in [2.75, 3.05) is 0 Å². The molecule has 1 amide bonds. The first-order chi connectivity index (χ1) is 10.2. The number of benzene rings is 1. The summed E-state index contributed by atoms with van der Waals surface area (Å²) in [5, 5.41) is 13.2. The molecule has 21 heavy (non-hydrogen) atoms. The average molecular weight is 282 g/mol. The van der Waals surface area contributed by atoms with Crippen molar-refractivity contribution in [3.8, 4) is 0 Å². The molecule has 0 fully saturated rings. The molecular weight excluding hydrogens is 264 g/mol.